The number of nitrogen functional groups attached to an aromatic ring is 1. The summed E-state index contributed by atoms with van der Waals surface area (Å²) >= 11 is 0. The van der Waals surface area contributed by atoms with Crippen molar-refractivity contribution in [3.8, 4) is 5.75 Å². The lowest BCUT2D eigenvalue weighted by Crippen LogP contribution is -2.18. The molecule has 0 saturated carbocycles. The van der Waals surface area contributed by atoms with Crippen LogP contribution in [-0.4, -0.2) is 29.9 Å². The predicted molar refractivity (Wildman–Crippen MR) is 83.4 cm³/mol. The number of ether oxygens (including phenoxy) is 1. The smallest absolute Gasteiger partial charge is 0.141 e. The molecule has 5 nitrogen and oxygen atoms in total. The summed E-state index contributed by atoms with van der Waals surface area (Å²) in [6.07, 6.45) is 1.69. The molecule has 0 aliphatic rings. The van der Waals surface area contributed by atoms with E-state index in [9.17, 15) is 0 Å². The number of nitrogens with zero attached hydrogens (tertiary/aromatic N) is 2. The van der Waals surface area contributed by atoms with Gasteiger partial charge in [-0.1, -0.05) is 12.1 Å². The SMILES string of the molecule is COc1ccc(CN(C)Cc2ccnc(C(=N)N)c2)cc1. The van der Waals surface area contributed by atoms with Gasteiger partial charge >= 0.3 is 0 Å². The average molecular weight is 284 g/mol. The summed E-state index contributed by atoms with van der Waals surface area (Å²) in [5.74, 6) is 0.858. The first-order valence-electron chi connectivity index (χ1n) is 6.69. The maximum absolute atomic E-state index is 7.42. The number of methoxy groups -OCH3 is 1. The third kappa shape index (κ3) is 4.29. The fourth-order valence-corrected chi connectivity index (χ4v) is 2.13. The van der Waals surface area contributed by atoms with Crippen LogP contribution in [0, 0.1) is 5.41 Å². The molecule has 3 N–H and O–H groups in total. The van der Waals surface area contributed by atoms with Crippen LogP contribution < -0.4 is 10.5 Å². The number of hydrogen-bond donors (Lipinski definition) is 2. The van der Waals surface area contributed by atoms with Gasteiger partial charge < -0.3 is 10.5 Å². The summed E-state index contributed by atoms with van der Waals surface area (Å²) in [7, 11) is 3.72. The minimum Gasteiger partial charge on any atom is -0.497 e. The lowest BCUT2D eigenvalue weighted by molar-refractivity contribution is 0.318. The molecule has 0 spiro atoms. The number of nitrogens with two attached hydrogens (primary N) is 1. The molecule has 0 atom stereocenters. The number of benzene rings is 1. The molecule has 110 valence electrons. The van der Waals surface area contributed by atoms with E-state index in [4.69, 9.17) is 15.9 Å². The summed E-state index contributed by atoms with van der Waals surface area (Å²) < 4.78 is 5.15. The Balaban J connectivity index is 1.98. The molecule has 0 fully saturated rings. The van der Waals surface area contributed by atoms with Gasteiger partial charge in [0.2, 0.25) is 0 Å². The van der Waals surface area contributed by atoms with E-state index in [0.29, 0.717) is 5.69 Å². The predicted octanol–water partition coefficient (Wildman–Crippen LogP) is 2.01. The lowest BCUT2D eigenvalue weighted by Gasteiger charge is -2.17. The van der Waals surface area contributed by atoms with E-state index in [1.807, 2.05) is 24.3 Å². The van der Waals surface area contributed by atoms with Crippen LogP contribution in [0.3, 0.4) is 0 Å². The van der Waals surface area contributed by atoms with Crippen molar-refractivity contribution in [2.45, 2.75) is 13.1 Å². The molecule has 1 aromatic carbocycles. The van der Waals surface area contributed by atoms with E-state index in [1.165, 1.54) is 5.56 Å². The van der Waals surface area contributed by atoms with E-state index in [0.717, 1.165) is 24.4 Å². The van der Waals surface area contributed by atoms with Crippen molar-refractivity contribution in [3.05, 3.63) is 59.4 Å². The van der Waals surface area contributed by atoms with Gasteiger partial charge in [0, 0.05) is 19.3 Å². The van der Waals surface area contributed by atoms with E-state index in [2.05, 4.69) is 29.1 Å². The minimum absolute atomic E-state index is 0.00495. The van der Waals surface area contributed by atoms with Gasteiger partial charge in [0.25, 0.3) is 0 Å². The monoisotopic (exact) mass is 284 g/mol. The maximum Gasteiger partial charge on any atom is 0.141 e. The molecule has 2 aromatic rings. The molecule has 0 bridgehead atoms. The molecule has 1 heterocycles. The van der Waals surface area contributed by atoms with Crippen LogP contribution >= 0.6 is 0 Å². The maximum atomic E-state index is 7.42. The number of hydrogen-bond acceptors (Lipinski definition) is 4. The third-order valence-electron chi connectivity index (χ3n) is 3.16. The van der Waals surface area contributed by atoms with Crippen molar-refractivity contribution in [1.29, 1.82) is 5.41 Å². The number of amidine groups is 1. The molecule has 0 aliphatic heterocycles. The molecule has 5 heteroatoms. The van der Waals surface area contributed by atoms with E-state index in [1.54, 1.807) is 13.3 Å². The Labute approximate surface area is 124 Å². The Bertz CT molecular complexity index is 610. The molecule has 0 saturated heterocycles. The highest BCUT2D eigenvalue weighted by Gasteiger charge is 2.05. The van der Waals surface area contributed by atoms with Crippen LogP contribution in [0.25, 0.3) is 0 Å². The van der Waals surface area contributed by atoms with Gasteiger partial charge in [-0.25, -0.2) is 0 Å². The second kappa shape index (κ2) is 6.85. The second-order valence-corrected chi connectivity index (χ2v) is 4.98. The third-order valence-corrected chi connectivity index (χ3v) is 3.16. The number of pyridine rings is 1. The zero-order valence-electron chi connectivity index (χ0n) is 12.3. The van der Waals surface area contributed by atoms with Gasteiger partial charge in [-0.2, -0.15) is 0 Å². The number of rotatable bonds is 6. The topological polar surface area (TPSA) is 75.2 Å². The van der Waals surface area contributed by atoms with Crippen molar-refractivity contribution in [2.75, 3.05) is 14.2 Å². The summed E-state index contributed by atoms with van der Waals surface area (Å²) in [5.41, 5.74) is 8.29. The Morgan fingerprint density at radius 1 is 1.19 bits per heavy atom. The Kier molecular flexibility index (Phi) is 4.90. The zero-order valence-corrected chi connectivity index (χ0v) is 12.3. The molecule has 0 amide bonds. The van der Waals surface area contributed by atoms with E-state index in [-0.39, 0.29) is 5.84 Å². The summed E-state index contributed by atoms with van der Waals surface area (Å²) in [6.45, 7) is 1.61. The van der Waals surface area contributed by atoms with Crippen LogP contribution in [-0.2, 0) is 13.1 Å². The summed E-state index contributed by atoms with van der Waals surface area (Å²) in [4.78, 5) is 6.26. The van der Waals surface area contributed by atoms with Crippen LogP contribution in [0.2, 0.25) is 0 Å². The second-order valence-electron chi connectivity index (χ2n) is 4.98. The first-order chi connectivity index (χ1) is 10.1. The standard InChI is InChI=1S/C16H20N4O/c1-20(10-12-3-5-14(21-2)6-4-12)11-13-7-8-19-15(9-13)16(17)18/h3-9H,10-11H2,1-2H3,(H3,17,18). The highest BCUT2D eigenvalue weighted by atomic mass is 16.5. The fourth-order valence-electron chi connectivity index (χ4n) is 2.13. The van der Waals surface area contributed by atoms with Gasteiger partial charge in [0.05, 0.1) is 7.11 Å². The van der Waals surface area contributed by atoms with Gasteiger partial charge in [-0.15, -0.1) is 0 Å². The van der Waals surface area contributed by atoms with Gasteiger partial charge in [0.1, 0.15) is 17.3 Å². The van der Waals surface area contributed by atoms with Crippen LogP contribution in [0.1, 0.15) is 16.8 Å². The Hall–Kier alpha value is -2.40. The summed E-state index contributed by atoms with van der Waals surface area (Å²) in [6, 6.07) is 11.8. The first-order valence-corrected chi connectivity index (χ1v) is 6.69. The van der Waals surface area contributed by atoms with Gasteiger partial charge in [-0.05, 0) is 42.4 Å². The Morgan fingerprint density at radius 3 is 2.48 bits per heavy atom. The molecule has 2 rings (SSSR count). The van der Waals surface area contributed by atoms with E-state index >= 15 is 0 Å². The van der Waals surface area contributed by atoms with Gasteiger partial charge in [0.15, 0.2) is 0 Å². The van der Waals surface area contributed by atoms with Crippen molar-refractivity contribution in [1.82, 2.24) is 9.88 Å². The molecule has 0 unspecified atom stereocenters. The van der Waals surface area contributed by atoms with E-state index < -0.39 is 0 Å². The molecule has 0 aliphatic carbocycles. The zero-order chi connectivity index (χ0) is 15.2. The molecular weight excluding hydrogens is 264 g/mol. The Morgan fingerprint density at radius 2 is 1.86 bits per heavy atom. The molecular formula is C16H20N4O. The lowest BCUT2D eigenvalue weighted by atomic mass is 10.1. The highest BCUT2D eigenvalue weighted by Crippen LogP contribution is 2.13. The van der Waals surface area contributed by atoms with Crippen LogP contribution in [0.5, 0.6) is 5.75 Å². The largest absolute Gasteiger partial charge is 0.497 e. The first kappa shape index (κ1) is 15.0. The van der Waals surface area contributed by atoms with Gasteiger partial charge in [-0.3, -0.25) is 15.3 Å². The van der Waals surface area contributed by atoms with Crippen LogP contribution in [0.15, 0.2) is 42.6 Å². The fraction of sp³-hybridized carbons (Fsp3) is 0.250. The minimum atomic E-state index is -0.00495. The van der Waals surface area contributed by atoms with Crippen molar-refractivity contribution >= 4 is 5.84 Å². The number of nitrogens with one attached hydrogen (secondary N) is 1. The van der Waals surface area contributed by atoms with Crippen molar-refractivity contribution < 1.29 is 4.74 Å². The van der Waals surface area contributed by atoms with Crippen molar-refractivity contribution in [2.24, 2.45) is 5.73 Å². The highest BCUT2D eigenvalue weighted by molar-refractivity contribution is 5.93. The molecule has 1 aromatic heterocycles. The normalized spacial score (nSPS) is 10.6. The number of aromatic nitrogens is 1. The summed E-state index contributed by atoms with van der Waals surface area (Å²) in [5, 5.41) is 7.42. The molecule has 21 heavy (non-hydrogen) atoms. The molecule has 0 radical (unpaired) electrons. The average Bonchev–Trinajstić information content (AvgIpc) is 2.48. The van der Waals surface area contributed by atoms with Crippen LogP contribution in [0.4, 0.5) is 0 Å². The van der Waals surface area contributed by atoms with Crippen molar-refractivity contribution in [3.63, 3.8) is 0 Å². The quantitative estimate of drug-likeness (QED) is 0.628.